The van der Waals surface area contributed by atoms with Crippen LogP contribution in [-0.4, -0.2) is 50.5 Å². The number of hydrogen-bond donors (Lipinski definition) is 3. The first-order valence-electron chi connectivity index (χ1n) is 10.4. The average molecular weight is 470 g/mol. The monoisotopic (exact) mass is 469 g/mol. The smallest absolute Gasteiger partial charge is 0.304 e. The van der Waals surface area contributed by atoms with E-state index in [-0.39, 0.29) is 49.4 Å². The Morgan fingerprint density at radius 1 is 1.27 bits per heavy atom. The van der Waals surface area contributed by atoms with Crippen molar-refractivity contribution in [3.63, 3.8) is 0 Å². The maximum Gasteiger partial charge on any atom is 0.304 e. The Labute approximate surface area is 196 Å². The van der Waals surface area contributed by atoms with Crippen molar-refractivity contribution < 1.29 is 19.8 Å². The van der Waals surface area contributed by atoms with Crippen LogP contribution in [0, 0.1) is 11.3 Å². The van der Waals surface area contributed by atoms with Gasteiger partial charge in [0.05, 0.1) is 18.7 Å². The number of imidazole rings is 1. The number of nitrogens with one attached hydrogen (secondary N) is 1. The van der Waals surface area contributed by atoms with Gasteiger partial charge in [-0.25, -0.2) is 5.06 Å². The van der Waals surface area contributed by atoms with Gasteiger partial charge in [-0.2, -0.15) is 10.2 Å². The number of carbonyl (C=O) groups is 1. The highest BCUT2D eigenvalue weighted by atomic mass is 35.5. The minimum Gasteiger partial charge on any atom is -0.424 e. The number of halogens is 1. The quantitative estimate of drug-likeness (QED) is 0.304. The van der Waals surface area contributed by atoms with E-state index in [1.54, 1.807) is 48.5 Å². The van der Waals surface area contributed by atoms with Crippen molar-refractivity contribution in [1.82, 2.24) is 14.6 Å². The minimum atomic E-state index is -0.704. The fourth-order valence-corrected chi connectivity index (χ4v) is 3.25. The van der Waals surface area contributed by atoms with Gasteiger partial charge in [0.25, 0.3) is 5.91 Å². The highest BCUT2D eigenvalue weighted by molar-refractivity contribution is 6.30. The number of aromatic nitrogens is 2. The van der Waals surface area contributed by atoms with Gasteiger partial charge in [-0.15, -0.1) is 0 Å². The van der Waals surface area contributed by atoms with Crippen molar-refractivity contribution >= 4 is 23.3 Å². The van der Waals surface area contributed by atoms with E-state index in [4.69, 9.17) is 21.4 Å². The lowest BCUT2D eigenvalue weighted by Gasteiger charge is -2.17. The van der Waals surface area contributed by atoms with Gasteiger partial charge >= 0.3 is 6.01 Å². The standard InChI is InChI=1S/C23H24ClN5O4/c1-2-26-21-20(22(31)29(32)12-5-13-30)28(15-16-8-10-18(24)11-9-16)23(27-21)33-19-7-4-3-6-17(19)14-25/h3-4,6-11,26,30,32H,2,5,12-13,15H2,1H3. The molecule has 0 saturated heterocycles. The highest BCUT2D eigenvalue weighted by Crippen LogP contribution is 2.30. The van der Waals surface area contributed by atoms with Crippen LogP contribution in [-0.2, 0) is 6.54 Å². The van der Waals surface area contributed by atoms with E-state index >= 15 is 0 Å². The number of hydrogen-bond acceptors (Lipinski definition) is 7. The van der Waals surface area contributed by atoms with E-state index in [1.165, 1.54) is 4.57 Å². The molecule has 33 heavy (non-hydrogen) atoms. The number of aliphatic hydroxyl groups excluding tert-OH is 1. The number of ether oxygens (including phenoxy) is 1. The maximum absolute atomic E-state index is 13.2. The number of hydroxylamine groups is 2. The second kappa shape index (κ2) is 11.3. The molecule has 0 unspecified atom stereocenters. The summed E-state index contributed by atoms with van der Waals surface area (Å²) < 4.78 is 7.50. The second-order valence-electron chi connectivity index (χ2n) is 7.05. The molecule has 10 heteroatoms. The Kier molecular flexibility index (Phi) is 8.27. The molecule has 0 saturated carbocycles. The Balaban J connectivity index is 2.11. The van der Waals surface area contributed by atoms with Gasteiger partial charge in [0.2, 0.25) is 0 Å². The summed E-state index contributed by atoms with van der Waals surface area (Å²) in [6.45, 7) is 2.28. The molecule has 3 aromatic rings. The predicted octanol–water partition coefficient (Wildman–Crippen LogP) is 3.89. The van der Waals surface area contributed by atoms with Crippen molar-refractivity contribution in [2.45, 2.75) is 19.9 Å². The lowest BCUT2D eigenvalue weighted by molar-refractivity contribution is -0.0610. The number of nitriles is 1. The third kappa shape index (κ3) is 5.81. The van der Waals surface area contributed by atoms with Crippen LogP contribution >= 0.6 is 11.6 Å². The van der Waals surface area contributed by atoms with Gasteiger partial charge in [0, 0.05) is 18.2 Å². The number of aliphatic hydroxyl groups is 1. The zero-order valence-corrected chi connectivity index (χ0v) is 18.8. The van der Waals surface area contributed by atoms with E-state index in [0.29, 0.717) is 22.2 Å². The van der Waals surface area contributed by atoms with Crippen LogP contribution < -0.4 is 10.1 Å². The SMILES string of the molecule is CCNc1nc(Oc2ccccc2C#N)n(Cc2ccc(Cl)cc2)c1C(=O)N(O)CCCO. The summed E-state index contributed by atoms with van der Waals surface area (Å²) >= 11 is 6.01. The molecule has 1 heterocycles. The Hall–Kier alpha value is -3.58. The summed E-state index contributed by atoms with van der Waals surface area (Å²) in [4.78, 5) is 17.6. The van der Waals surface area contributed by atoms with Crippen LogP contribution in [0.5, 0.6) is 11.8 Å². The number of benzene rings is 2. The molecule has 0 aliphatic carbocycles. The van der Waals surface area contributed by atoms with Crippen LogP contribution in [0.4, 0.5) is 5.82 Å². The third-order valence-corrected chi connectivity index (χ3v) is 4.96. The zero-order valence-electron chi connectivity index (χ0n) is 18.0. The summed E-state index contributed by atoms with van der Waals surface area (Å²) in [5, 5.41) is 32.9. The average Bonchev–Trinajstić information content (AvgIpc) is 3.15. The Bertz CT molecular complexity index is 1140. The first-order chi connectivity index (χ1) is 16.0. The number of nitrogens with zero attached hydrogens (tertiary/aromatic N) is 4. The van der Waals surface area contributed by atoms with E-state index in [1.807, 2.05) is 6.92 Å². The zero-order chi connectivity index (χ0) is 23.8. The molecule has 2 aromatic carbocycles. The molecule has 0 radical (unpaired) electrons. The van der Waals surface area contributed by atoms with Crippen molar-refractivity contribution in [1.29, 1.82) is 5.26 Å². The molecule has 0 fully saturated rings. The third-order valence-electron chi connectivity index (χ3n) is 4.70. The first kappa shape index (κ1) is 24.1. The summed E-state index contributed by atoms with van der Waals surface area (Å²) in [5.41, 5.74) is 1.20. The van der Waals surface area contributed by atoms with Gasteiger partial charge in [0.15, 0.2) is 11.5 Å². The molecular weight excluding hydrogens is 446 g/mol. The van der Waals surface area contributed by atoms with Crippen molar-refractivity contribution in [2.24, 2.45) is 0 Å². The molecule has 0 atom stereocenters. The minimum absolute atomic E-state index is 0.0551. The highest BCUT2D eigenvalue weighted by Gasteiger charge is 2.28. The summed E-state index contributed by atoms with van der Waals surface area (Å²) in [6.07, 6.45) is 0.211. The molecule has 3 N–H and O–H groups in total. The van der Waals surface area contributed by atoms with Crippen molar-refractivity contribution in [2.75, 3.05) is 25.0 Å². The molecular formula is C23H24ClN5O4. The van der Waals surface area contributed by atoms with E-state index < -0.39 is 5.91 Å². The van der Waals surface area contributed by atoms with Crippen molar-refractivity contribution in [3.8, 4) is 17.8 Å². The van der Waals surface area contributed by atoms with Gasteiger partial charge in [-0.3, -0.25) is 14.6 Å². The number of anilines is 1. The lowest BCUT2D eigenvalue weighted by atomic mass is 10.2. The molecule has 3 rings (SSSR count). The summed E-state index contributed by atoms with van der Waals surface area (Å²) in [5.74, 6) is -0.196. The van der Waals surface area contributed by atoms with Crippen LogP contribution in [0.25, 0.3) is 0 Å². The van der Waals surface area contributed by atoms with Gasteiger partial charge in [-0.05, 0) is 43.2 Å². The maximum atomic E-state index is 13.2. The number of para-hydroxylation sites is 1. The fraction of sp³-hybridized carbons (Fsp3) is 0.261. The normalized spacial score (nSPS) is 10.5. The molecule has 0 spiro atoms. The molecule has 0 aliphatic rings. The lowest BCUT2D eigenvalue weighted by Crippen LogP contribution is -2.31. The van der Waals surface area contributed by atoms with Gasteiger partial charge < -0.3 is 15.2 Å². The van der Waals surface area contributed by atoms with Crippen LogP contribution in [0.3, 0.4) is 0 Å². The molecule has 0 aliphatic heterocycles. The van der Waals surface area contributed by atoms with Crippen LogP contribution in [0.2, 0.25) is 5.02 Å². The molecule has 172 valence electrons. The number of amides is 1. The van der Waals surface area contributed by atoms with Crippen molar-refractivity contribution in [3.05, 3.63) is 70.4 Å². The fourth-order valence-electron chi connectivity index (χ4n) is 3.13. The van der Waals surface area contributed by atoms with Crippen LogP contribution in [0.1, 0.15) is 35.0 Å². The largest absolute Gasteiger partial charge is 0.424 e. The molecule has 1 amide bonds. The summed E-state index contributed by atoms with van der Waals surface area (Å²) in [7, 11) is 0. The first-order valence-corrected chi connectivity index (χ1v) is 10.7. The van der Waals surface area contributed by atoms with Gasteiger partial charge in [-0.1, -0.05) is 35.9 Å². The predicted molar refractivity (Wildman–Crippen MR) is 123 cm³/mol. The molecule has 0 bridgehead atoms. The molecule has 1 aromatic heterocycles. The van der Waals surface area contributed by atoms with E-state index in [9.17, 15) is 15.3 Å². The second-order valence-corrected chi connectivity index (χ2v) is 7.49. The summed E-state index contributed by atoms with van der Waals surface area (Å²) in [6, 6.07) is 15.9. The van der Waals surface area contributed by atoms with E-state index in [0.717, 1.165) is 5.56 Å². The Morgan fingerprint density at radius 3 is 2.67 bits per heavy atom. The van der Waals surface area contributed by atoms with Crippen LogP contribution in [0.15, 0.2) is 48.5 Å². The topological polar surface area (TPSA) is 124 Å². The van der Waals surface area contributed by atoms with Gasteiger partial charge in [0.1, 0.15) is 11.8 Å². The van der Waals surface area contributed by atoms with E-state index in [2.05, 4.69) is 16.4 Å². The number of carbonyl (C=O) groups excluding carboxylic acids is 1. The number of rotatable bonds is 10. The molecule has 9 nitrogen and oxygen atoms in total. The Morgan fingerprint density at radius 2 is 2.00 bits per heavy atom.